The average Bonchev–Trinajstić information content (AvgIpc) is 3.05. The normalized spacial score (nSPS) is 22.5. The molecule has 0 unspecified atom stereocenters. The van der Waals surface area contributed by atoms with Crippen molar-refractivity contribution in [2.75, 3.05) is 26.7 Å². The standard InChI is InChI=1S/C18H27N5O3/c1-7-21-11-18(4,5)22(8-2)14(21)10-9-13-15(16(25)19-6)20-23(12(3)24)17(13)26/h9-10H,7-8,11H2,1-6H3,(H,19,25)/b13-9+,14-10+. The summed E-state index contributed by atoms with van der Waals surface area (Å²) in [5.41, 5.74) is 0.0366. The summed E-state index contributed by atoms with van der Waals surface area (Å²) in [4.78, 5) is 40.6. The van der Waals surface area contributed by atoms with E-state index < -0.39 is 17.7 Å². The fourth-order valence-electron chi connectivity index (χ4n) is 3.40. The first kappa shape index (κ1) is 19.7. The summed E-state index contributed by atoms with van der Waals surface area (Å²) in [6.45, 7) is 12.3. The molecule has 0 aliphatic carbocycles. The molecule has 26 heavy (non-hydrogen) atoms. The molecule has 0 aromatic carbocycles. The van der Waals surface area contributed by atoms with Gasteiger partial charge in [0.2, 0.25) is 5.91 Å². The van der Waals surface area contributed by atoms with E-state index >= 15 is 0 Å². The van der Waals surface area contributed by atoms with Crippen LogP contribution in [-0.2, 0) is 14.4 Å². The van der Waals surface area contributed by atoms with Gasteiger partial charge in [-0.15, -0.1) is 0 Å². The molecule has 2 aliphatic rings. The second-order valence-electron chi connectivity index (χ2n) is 6.84. The van der Waals surface area contributed by atoms with Gasteiger partial charge in [0.25, 0.3) is 11.8 Å². The monoisotopic (exact) mass is 361 g/mol. The molecule has 0 radical (unpaired) electrons. The Morgan fingerprint density at radius 1 is 1.23 bits per heavy atom. The molecular weight excluding hydrogens is 334 g/mol. The summed E-state index contributed by atoms with van der Waals surface area (Å²) < 4.78 is 0. The van der Waals surface area contributed by atoms with Gasteiger partial charge in [-0.3, -0.25) is 14.4 Å². The molecule has 142 valence electrons. The van der Waals surface area contributed by atoms with Crippen molar-refractivity contribution in [3.05, 3.63) is 23.5 Å². The SMILES string of the molecule is CCN1CC(C)(C)N(CC)/C1=C/C=C1/C(=O)N(C(C)=O)N=C1C(=O)NC. The van der Waals surface area contributed by atoms with Crippen LogP contribution in [0.2, 0.25) is 0 Å². The number of nitrogens with one attached hydrogen (secondary N) is 1. The zero-order chi connectivity index (χ0) is 19.6. The highest BCUT2D eigenvalue weighted by Gasteiger charge is 2.39. The van der Waals surface area contributed by atoms with Crippen LogP contribution in [0, 0.1) is 0 Å². The van der Waals surface area contributed by atoms with E-state index in [1.165, 1.54) is 14.0 Å². The topological polar surface area (TPSA) is 85.3 Å². The Balaban J connectivity index is 2.47. The van der Waals surface area contributed by atoms with Crippen LogP contribution in [-0.4, -0.2) is 70.5 Å². The van der Waals surface area contributed by atoms with Crippen LogP contribution in [0.5, 0.6) is 0 Å². The van der Waals surface area contributed by atoms with Gasteiger partial charge in [0.1, 0.15) is 5.82 Å². The first-order chi connectivity index (χ1) is 12.2. The maximum atomic E-state index is 12.5. The number of nitrogens with zero attached hydrogens (tertiary/aromatic N) is 4. The molecule has 0 saturated carbocycles. The molecule has 1 N–H and O–H groups in total. The molecule has 0 bridgehead atoms. The van der Waals surface area contributed by atoms with Gasteiger partial charge in [-0.2, -0.15) is 10.1 Å². The molecule has 0 aromatic rings. The van der Waals surface area contributed by atoms with Crippen molar-refractivity contribution in [3.8, 4) is 0 Å². The van der Waals surface area contributed by atoms with Crippen LogP contribution < -0.4 is 5.32 Å². The smallest absolute Gasteiger partial charge is 0.283 e. The van der Waals surface area contributed by atoms with E-state index in [0.717, 1.165) is 30.5 Å². The summed E-state index contributed by atoms with van der Waals surface area (Å²) in [5.74, 6) is -0.632. The molecule has 1 saturated heterocycles. The minimum atomic E-state index is -0.587. The molecule has 0 spiro atoms. The molecule has 0 aromatic heterocycles. The van der Waals surface area contributed by atoms with Crippen molar-refractivity contribution in [1.82, 2.24) is 20.1 Å². The number of hydrogen-bond acceptors (Lipinski definition) is 6. The molecule has 1 fully saturated rings. The van der Waals surface area contributed by atoms with Crippen LogP contribution in [0.4, 0.5) is 0 Å². The Morgan fingerprint density at radius 3 is 2.38 bits per heavy atom. The van der Waals surface area contributed by atoms with Crippen molar-refractivity contribution in [2.45, 2.75) is 40.2 Å². The lowest BCUT2D eigenvalue weighted by Crippen LogP contribution is -2.39. The molecule has 8 nitrogen and oxygen atoms in total. The first-order valence-corrected chi connectivity index (χ1v) is 8.78. The van der Waals surface area contributed by atoms with E-state index in [1.807, 2.05) is 6.08 Å². The Labute approximate surface area is 154 Å². The highest BCUT2D eigenvalue weighted by Crippen LogP contribution is 2.32. The van der Waals surface area contributed by atoms with E-state index in [9.17, 15) is 14.4 Å². The second-order valence-corrected chi connectivity index (χ2v) is 6.84. The number of carbonyl (C=O) groups is 3. The largest absolute Gasteiger partial charge is 0.356 e. The number of imide groups is 1. The van der Waals surface area contributed by atoms with Gasteiger partial charge in [-0.25, -0.2) is 0 Å². The maximum absolute atomic E-state index is 12.5. The summed E-state index contributed by atoms with van der Waals surface area (Å²) in [7, 11) is 1.46. The van der Waals surface area contributed by atoms with E-state index in [-0.39, 0.29) is 16.8 Å². The Kier molecular flexibility index (Phi) is 5.53. The summed E-state index contributed by atoms with van der Waals surface area (Å²) in [6, 6.07) is 0. The average molecular weight is 361 g/mol. The number of likely N-dealkylation sites (N-methyl/N-ethyl adjacent to an activating group) is 2. The van der Waals surface area contributed by atoms with Gasteiger partial charge in [0.15, 0.2) is 5.71 Å². The van der Waals surface area contributed by atoms with Crippen molar-refractivity contribution >= 4 is 23.4 Å². The van der Waals surface area contributed by atoms with E-state index in [2.05, 4.69) is 47.9 Å². The Morgan fingerprint density at radius 2 is 1.88 bits per heavy atom. The quantitative estimate of drug-likeness (QED) is 0.745. The minimum absolute atomic E-state index is 0.0298. The van der Waals surface area contributed by atoms with Crippen LogP contribution in [0.1, 0.15) is 34.6 Å². The predicted octanol–water partition coefficient (Wildman–Crippen LogP) is 0.681. The second kappa shape index (κ2) is 7.31. The van der Waals surface area contributed by atoms with Crippen molar-refractivity contribution < 1.29 is 14.4 Å². The maximum Gasteiger partial charge on any atom is 0.283 e. The number of amides is 3. The van der Waals surface area contributed by atoms with Crippen molar-refractivity contribution in [3.63, 3.8) is 0 Å². The zero-order valence-electron chi connectivity index (χ0n) is 16.3. The predicted molar refractivity (Wildman–Crippen MR) is 98.9 cm³/mol. The lowest BCUT2D eigenvalue weighted by Gasteiger charge is -2.31. The first-order valence-electron chi connectivity index (χ1n) is 8.78. The fraction of sp³-hybridized carbons (Fsp3) is 0.556. The number of hydrazone groups is 1. The third-order valence-corrected chi connectivity index (χ3v) is 4.62. The minimum Gasteiger partial charge on any atom is -0.356 e. The van der Waals surface area contributed by atoms with Crippen molar-refractivity contribution in [1.29, 1.82) is 0 Å². The summed E-state index contributed by atoms with van der Waals surface area (Å²) >= 11 is 0. The lowest BCUT2D eigenvalue weighted by molar-refractivity contribution is -0.140. The highest BCUT2D eigenvalue weighted by atomic mass is 16.2. The Bertz CT molecular complexity index is 720. The number of allylic oxidation sites excluding steroid dienone is 2. The molecule has 2 rings (SSSR count). The van der Waals surface area contributed by atoms with E-state index in [1.54, 1.807) is 6.08 Å². The highest BCUT2D eigenvalue weighted by molar-refractivity contribution is 6.53. The number of carbonyl (C=O) groups excluding carboxylic acids is 3. The molecule has 8 heteroatoms. The summed E-state index contributed by atoms with van der Waals surface area (Å²) in [5, 5.41) is 7.07. The Hall–Kier alpha value is -2.64. The lowest BCUT2D eigenvalue weighted by atomic mass is 10.1. The van der Waals surface area contributed by atoms with Crippen LogP contribution in [0.15, 0.2) is 28.6 Å². The molecular formula is C18H27N5O3. The van der Waals surface area contributed by atoms with Crippen LogP contribution >= 0.6 is 0 Å². The van der Waals surface area contributed by atoms with Crippen LogP contribution in [0.25, 0.3) is 0 Å². The molecule has 2 heterocycles. The van der Waals surface area contributed by atoms with Crippen molar-refractivity contribution in [2.24, 2.45) is 5.10 Å². The number of hydrogen-bond donors (Lipinski definition) is 1. The number of rotatable bonds is 4. The fourth-order valence-corrected chi connectivity index (χ4v) is 3.40. The van der Waals surface area contributed by atoms with Gasteiger partial charge in [0.05, 0.1) is 11.1 Å². The van der Waals surface area contributed by atoms with E-state index in [4.69, 9.17) is 0 Å². The third-order valence-electron chi connectivity index (χ3n) is 4.62. The zero-order valence-corrected chi connectivity index (χ0v) is 16.3. The molecule has 2 aliphatic heterocycles. The van der Waals surface area contributed by atoms with Gasteiger partial charge in [-0.1, -0.05) is 0 Å². The van der Waals surface area contributed by atoms with Gasteiger partial charge < -0.3 is 15.1 Å². The van der Waals surface area contributed by atoms with Gasteiger partial charge >= 0.3 is 0 Å². The third kappa shape index (κ3) is 3.36. The van der Waals surface area contributed by atoms with Gasteiger partial charge in [0, 0.05) is 33.6 Å². The van der Waals surface area contributed by atoms with Gasteiger partial charge in [-0.05, 0) is 39.8 Å². The van der Waals surface area contributed by atoms with Crippen LogP contribution in [0.3, 0.4) is 0 Å². The molecule has 3 amide bonds. The molecule has 0 atom stereocenters. The summed E-state index contributed by atoms with van der Waals surface area (Å²) in [6.07, 6.45) is 3.42. The van der Waals surface area contributed by atoms with E-state index in [0.29, 0.717) is 0 Å².